The highest BCUT2D eigenvalue weighted by atomic mass is 32.2. The van der Waals surface area contributed by atoms with Gasteiger partial charge in [0.2, 0.25) is 5.91 Å². The molecule has 0 aromatic heterocycles. The Labute approximate surface area is 207 Å². The van der Waals surface area contributed by atoms with Gasteiger partial charge in [-0.15, -0.1) is 0 Å². The summed E-state index contributed by atoms with van der Waals surface area (Å²) in [5.41, 5.74) is 1.57. The fourth-order valence-electron chi connectivity index (χ4n) is 4.65. The molecule has 8 nitrogen and oxygen atoms in total. The number of carbonyl (C=O) groups is 3. The van der Waals surface area contributed by atoms with Gasteiger partial charge in [-0.05, 0) is 38.2 Å². The number of aliphatic imine (C=N–C) groups is 1. The van der Waals surface area contributed by atoms with E-state index in [0.29, 0.717) is 54.7 Å². The molecule has 1 fully saturated rings. The van der Waals surface area contributed by atoms with Gasteiger partial charge < -0.3 is 19.3 Å². The van der Waals surface area contributed by atoms with Crippen molar-refractivity contribution in [3.05, 3.63) is 58.0 Å². The molecular weight excluding hydrogens is 473 g/mol. The Morgan fingerprint density at radius 1 is 1.26 bits per heavy atom. The van der Waals surface area contributed by atoms with Crippen LogP contribution in [-0.4, -0.2) is 59.6 Å². The molecule has 3 aliphatic rings. The second kappa shape index (κ2) is 10.6. The van der Waals surface area contributed by atoms with E-state index in [0.717, 1.165) is 0 Å². The number of piperidine rings is 1. The lowest BCUT2D eigenvalue weighted by Gasteiger charge is -2.37. The van der Waals surface area contributed by atoms with Crippen LogP contribution in [0.2, 0.25) is 0 Å². The molecule has 186 valence electrons. The Hall–Kier alpha value is -3.14. The highest BCUT2D eigenvalue weighted by Gasteiger charge is 2.42. The van der Waals surface area contributed by atoms with Gasteiger partial charge in [0.05, 0.1) is 43.4 Å². The zero-order valence-electron chi connectivity index (χ0n) is 20.0. The number of thioether (sulfide) groups is 1. The van der Waals surface area contributed by atoms with E-state index >= 15 is 0 Å². The average molecular weight is 502 g/mol. The number of hydrogen-bond donors (Lipinski definition) is 0. The van der Waals surface area contributed by atoms with Gasteiger partial charge in [-0.25, -0.2) is 14.2 Å². The van der Waals surface area contributed by atoms with Crippen LogP contribution < -0.4 is 0 Å². The minimum absolute atomic E-state index is 0.0278. The quantitative estimate of drug-likeness (QED) is 0.549. The normalized spacial score (nSPS) is 21.8. The maximum Gasteiger partial charge on any atom is 0.338 e. The van der Waals surface area contributed by atoms with Crippen LogP contribution in [0.1, 0.15) is 44.7 Å². The van der Waals surface area contributed by atoms with E-state index in [9.17, 15) is 18.8 Å². The van der Waals surface area contributed by atoms with Crippen molar-refractivity contribution in [2.45, 2.75) is 39.2 Å². The maximum absolute atomic E-state index is 15.0. The maximum atomic E-state index is 15.0. The zero-order valence-corrected chi connectivity index (χ0v) is 20.8. The Balaban J connectivity index is 1.61. The van der Waals surface area contributed by atoms with Gasteiger partial charge in [-0.2, -0.15) is 0 Å². The molecular formula is C25H28FN3O5S. The summed E-state index contributed by atoms with van der Waals surface area (Å²) < 4.78 is 25.1. The molecule has 0 saturated carbocycles. The van der Waals surface area contributed by atoms with Crippen LogP contribution in [0, 0.1) is 11.7 Å². The fraction of sp³-hybridized carbons (Fsp3) is 0.440. The number of amidine groups is 1. The number of carbonyl (C=O) groups excluding carboxylic acids is 3. The van der Waals surface area contributed by atoms with E-state index in [2.05, 4.69) is 4.99 Å². The Morgan fingerprint density at radius 3 is 2.74 bits per heavy atom. The predicted octanol–water partition coefficient (Wildman–Crippen LogP) is 3.77. The lowest BCUT2D eigenvalue weighted by molar-refractivity contribution is -0.151. The summed E-state index contributed by atoms with van der Waals surface area (Å²) >= 11 is 1.32. The van der Waals surface area contributed by atoms with E-state index < -0.39 is 17.8 Å². The number of methoxy groups -OCH3 is 1. The molecule has 2 unspecified atom stereocenters. The molecule has 0 radical (unpaired) electrons. The summed E-state index contributed by atoms with van der Waals surface area (Å²) in [6.07, 6.45) is 1.43. The lowest BCUT2D eigenvalue weighted by Crippen LogP contribution is -2.44. The third-order valence-electron chi connectivity index (χ3n) is 6.33. The van der Waals surface area contributed by atoms with Gasteiger partial charge in [0.25, 0.3) is 0 Å². The van der Waals surface area contributed by atoms with Crippen LogP contribution in [-0.2, 0) is 23.9 Å². The van der Waals surface area contributed by atoms with Crippen LogP contribution >= 0.6 is 11.8 Å². The van der Waals surface area contributed by atoms with E-state index in [4.69, 9.17) is 9.47 Å². The molecule has 10 heteroatoms. The number of amides is 1. The summed E-state index contributed by atoms with van der Waals surface area (Å²) in [6, 6.07) is 5.43. The fourth-order valence-corrected chi connectivity index (χ4v) is 5.62. The number of fused-ring (bicyclic) bond motifs is 1. The highest BCUT2D eigenvalue weighted by Crippen LogP contribution is 2.45. The van der Waals surface area contributed by atoms with Crippen LogP contribution in [0.5, 0.6) is 0 Å². The van der Waals surface area contributed by atoms with Crippen LogP contribution in [0.15, 0.2) is 51.6 Å². The summed E-state index contributed by atoms with van der Waals surface area (Å²) in [4.78, 5) is 46.2. The van der Waals surface area contributed by atoms with Gasteiger partial charge in [-0.1, -0.05) is 30.0 Å². The van der Waals surface area contributed by atoms with E-state index in [1.165, 1.54) is 24.9 Å². The molecule has 0 spiro atoms. The standard InChI is InChI=1S/C25H28FN3O5S/c1-4-34-23(31)16-8-7-11-28(13-16)20(30)12-17-14-35-25-27-15(2)21(24(32)33-3)22(29(17)25)18-9-5-6-10-19(18)26/h5-6,9-10,14,16,22H,4,7-8,11-13H2,1-3H3. The van der Waals surface area contributed by atoms with Crippen LogP contribution in [0.25, 0.3) is 0 Å². The van der Waals surface area contributed by atoms with Crippen molar-refractivity contribution in [1.82, 2.24) is 9.80 Å². The monoisotopic (exact) mass is 501 g/mol. The first-order chi connectivity index (χ1) is 16.8. The molecule has 0 aliphatic carbocycles. The average Bonchev–Trinajstić information content (AvgIpc) is 3.25. The molecule has 2 atom stereocenters. The third kappa shape index (κ3) is 4.98. The number of ether oxygens (including phenoxy) is 2. The molecule has 0 bridgehead atoms. The second-order valence-corrected chi connectivity index (χ2v) is 9.35. The van der Waals surface area contributed by atoms with Gasteiger partial charge in [0.1, 0.15) is 5.82 Å². The van der Waals surface area contributed by atoms with Gasteiger partial charge >= 0.3 is 11.9 Å². The molecule has 0 N–H and O–H groups in total. The molecule has 1 saturated heterocycles. The van der Waals surface area contributed by atoms with E-state index in [-0.39, 0.29) is 29.8 Å². The highest BCUT2D eigenvalue weighted by molar-refractivity contribution is 8.16. The summed E-state index contributed by atoms with van der Waals surface area (Å²) in [7, 11) is 1.27. The van der Waals surface area contributed by atoms with Crippen molar-refractivity contribution < 1.29 is 28.2 Å². The number of esters is 2. The number of rotatable bonds is 6. The lowest BCUT2D eigenvalue weighted by atomic mass is 9.93. The van der Waals surface area contributed by atoms with Crippen molar-refractivity contribution in [2.24, 2.45) is 10.9 Å². The molecule has 1 amide bonds. The number of benzene rings is 1. The number of likely N-dealkylation sites (tertiary alicyclic amines) is 1. The minimum Gasteiger partial charge on any atom is -0.466 e. The summed E-state index contributed by atoms with van der Waals surface area (Å²) in [5, 5.41) is 2.37. The van der Waals surface area contributed by atoms with Crippen molar-refractivity contribution >= 4 is 34.8 Å². The van der Waals surface area contributed by atoms with E-state index in [1.807, 2.05) is 5.41 Å². The summed E-state index contributed by atoms with van der Waals surface area (Å²) in [5.74, 6) is -1.84. The summed E-state index contributed by atoms with van der Waals surface area (Å²) in [6.45, 7) is 4.62. The van der Waals surface area contributed by atoms with Crippen LogP contribution in [0.4, 0.5) is 4.39 Å². The molecule has 4 rings (SSSR count). The van der Waals surface area contributed by atoms with Gasteiger partial charge in [-0.3, -0.25) is 9.59 Å². The molecule has 3 heterocycles. The topological polar surface area (TPSA) is 88.5 Å². The smallest absolute Gasteiger partial charge is 0.338 e. The zero-order chi connectivity index (χ0) is 25.1. The number of halogens is 1. The first kappa shape index (κ1) is 25.0. The largest absolute Gasteiger partial charge is 0.466 e. The molecule has 35 heavy (non-hydrogen) atoms. The first-order valence-corrected chi connectivity index (χ1v) is 12.4. The molecule has 1 aromatic rings. The third-order valence-corrected chi connectivity index (χ3v) is 7.22. The van der Waals surface area contributed by atoms with Gasteiger partial charge in [0, 0.05) is 24.4 Å². The number of allylic oxidation sites excluding steroid dienone is 1. The van der Waals surface area contributed by atoms with Gasteiger partial charge in [0.15, 0.2) is 5.17 Å². The Morgan fingerprint density at radius 2 is 2.03 bits per heavy atom. The Bertz CT molecular complexity index is 1130. The number of hydrogen-bond acceptors (Lipinski definition) is 8. The molecule has 3 aliphatic heterocycles. The van der Waals surface area contributed by atoms with E-state index in [1.54, 1.807) is 41.8 Å². The second-order valence-electron chi connectivity index (χ2n) is 8.51. The number of nitrogens with zero attached hydrogens (tertiary/aromatic N) is 3. The molecule has 1 aromatic carbocycles. The Kier molecular flexibility index (Phi) is 7.59. The van der Waals surface area contributed by atoms with Crippen molar-refractivity contribution in [1.29, 1.82) is 0 Å². The minimum atomic E-state index is -0.821. The van der Waals surface area contributed by atoms with Crippen molar-refractivity contribution in [3.8, 4) is 0 Å². The SMILES string of the molecule is CCOC(=O)C1CCCN(C(=O)CC2=CSC3=NC(C)=C(C(=O)OC)C(c4ccccc4F)N23)C1. The predicted molar refractivity (Wildman–Crippen MR) is 129 cm³/mol. The van der Waals surface area contributed by atoms with Crippen molar-refractivity contribution in [3.63, 3.8) is 0 Å². The van der Waals surface area contributed by atoms with Crippen LogP contribution in [0.3, 0.4) is 0 Å². The van der Waals surface area contributed by atoms with Crippen molar-refractivity contribution in [2.75, 3.05) is 26.8 Å². The first-order valence-electron chi connectivity index (χ1n) is 11.6.